The van der Waals surface area contributed by atoms with Crippen molar-refractivity contribution >= 4 is 5.69 Å². The number of aliphatic hydroxyl groups excluding tert-OH is 1. The maximum Gasteiger partial charge on any atom is 0.128 e. The predicted molar refractivity (Wildman–Crippen MR) is 113 cm³/mol. The van der Waals surface area contributed by atoms with E-state index in [1.807, 2.05) is 12.1 Å². The second-order valence-electron chi connectivity index (χ2n) is 8.69. The van der Waals surface area contributed by atoms with Crippen molar-refractivity contribution in [2.75, 3.05) is 12.4 Å². The Morgan fingerprint density at radius 3 is 2.22 bits per heavy atom. The van der Waals surface area contributed by atoms with Crippen molar-refractivity contribution in [1.82, 2.24) is 0 Å². The number of aryl methyl sites for hydroxylation is 2. The highest BCUT2D eigenvalue weighted by atomic mass is 16.5. The van der Waals surface area contributed by atoms with Crippen molar-refractivity contribution < 1.29 is 9.84 Å². The van der Waals surface area contributed by atoms with Crippen LogP contribution in [-0.4, -0.2) is 18.4 Å². The molecule has 2 aromatic rings. The summed E-state index contributed by atoms with van der Waals surface area (Å²) in [5, 5.41) is 13.8. The fourth-order valence-corrected chi connectivity index (χ4v) is 3.86. The van der Waals surface area contributed by atoms with Crippen LogP contribution in [0.3, 0.4) is 0 Å². The van der Waals surface area contributed by atoms with Crippen LogP contribution in [0, 0.1) is 0 Å². The molecule has 3 rings (SSSR count). The zero-order valence-electron chi connectivity index (χ0n) is 17.1. The molecule has 0 heterocycles. The van der Waals surface area contributed by atoms with Gasteiger partial charge in [0.15, 0.2) is 0 Å². The van der Waals surface area contributed by atoms with Crippen molar-refractivity contribution in [3.05, 3.63) is 58.7 Å². The zero-order chi connectivity index (χ0) is 19.4. The van der Waals surface area contributed by atoms with E-state index >= 15 is 0 Å². The summed E-state index contributed by atoms with van der Waals surface area (Å²) >= 11 is 0. The van der Waals surface area contributed by atoms with Gasteiger partial charge in [0, 0.05) is 12.1 Å². The monoisotopic (exact) mass is 367 g/mol. The fraction of sp³-hybridized carbons (Fsp3) is 0.500. The Hall–Kier alpha value is -2.00. The molecule has 0 aromatic heterocycles. The molecule has 1 aliphatic carbocycles. The van der Waals surface area contributed by atoms with Crippen LogP contribution in [-0.2, 0) is 24.7 Å². The largest absolute Gasteiger partial charge is 0.496 e. The third-order valence-electron chi connectivity index (χ3n) is 5.49. The number of fused-ring (bicyclic) bond motifs is 1. The quantitative estimate of drug-likeness (QED) is 0.561. The SMILES string of the molecule is COc1cc2c(cc1CC(O)Nc1ccc(C(C)(C)C)cc1)CCCCC2. The van der Waals surface area contributed by atoms with E-state index in [1.54, 1.807) is 7.11 Å². The molecule has 0 saturated carbocycles. The van der Waals surface area contributed by atoms with Crippen LogP contribution in [0.25, 0.3) is 0 Å². The van der Waals surface area contributed by atoms with E-state index in [0.717, 1.165) is 29.8 Å². The van der Waals surface area contributed by atoms with Gasteiger partial charge in [0.05, 0.1) is 7.11 Å². The molecular formula is C24H33NO2. The highest BCUT2D eigenvalue weighted by Crippen LogP contribution is 2.30. The summed E-state index contributed by atoms with van der Waals surface area (Å²) in [4.78, 5) is 0. The van der Waals surface area contributed by atoms with Crippen LogP contribution in [0.2, 0.25) is 0 Å². The van der Waals surface area contributed by atoms with E-state index < -0.39 is 6.23 Å². The minimum Gasteiger partial charge on any atom is -0.496 e. The van der Waals surface area contributed by atoms with Gasteiger partial charge in [-0.1, -0.05) is 45.4 Å². The zero-order valence-corrected chi connectivity index (χ0v) is 17.1. The third-order valence-corrected chi connectivity index (χ3v) is 5.49. The fourth-order valence-electron chi connectivity index (χ4n) is 3.86. The van der Waals surface area contributed by atoms with Crippen LogP contribution < -0.4 is 10.1 Å². The lowest BCUT2D eigenvalue weighted by molar-refractivity contribution is 0.202. The molecule has 0 radical (unpaired) electrons. The molecule has 0 aliphatic heterocycles. The van der Waals surface area contributed by atoms with Gasteiger partial charge in [-0.25, -0.2) is 0 Å². The Morgan fingerprint density at radius 2 is 1.63 bits per heavy atom. The maximum atomic E-state index is 10.6. The summed E-state index contributed by atoms with van der Waals surface area (Å²) < 4.78 is 5.62. The highest BCUT2D eigenvalue weighted by Gasteiger charge is 2.17. The van der Waals surface area contributed by atoms with E-state index in [4.69, 9.17) is 4.74 Å². The van der Waals surface area contributed by atoms with Gasteiger partial charge in [0.2, 0.25) is 0 Å². The number of aliphatic hydroxyl groups is 1. The van der Waals surface area contributed by atoms with E-state index in [9.17, 15) is 5.11 Å². The van der Waals surface area contributed by atoms with E-state index in [2.05, 4.69) is 50.4 Å². The van der Waals surface area contributed by atoms with Crippen molar-refractivity contribution in [3.8, 4) is 5.75 Å². The summed E-state index contributed by atoms with van der Waals surface area (Å²) in [7, 11) is 1.72. The number of methoxy groups -OCH3 is 1. The number of hydrogen-bond donors (Lipinski definition) is 2. The molecule has 3 nitrogen and oxygen atoms in total. The lowest BCUT2D eigenvalue weighted by atomic mass is 9.87. The average Bonchev–Trinajstić information content (AvgIpc) is 2.85. The number of hydrogen-bond acceptors (Lipinski definition) is 3. The van der Waals surface area contributed by atoms with Crippen molar-refractivity contribution in [3.63, 3.8) is 0 Å². The molecule has 27 heavy (non-hydrogen) atoms. The number of rotatable bonds is 5. The second kappa shape index (κ2) is 8.35. The molecule has 3 heteroatoms. The lowest BCUT2D eigenvalue weighted by Gasteiger charge is -2.21. The molecule has 0 spiro atoms. The second-order valence-corrected chi connectivity index (χ2v) is 8.69. The van der Waals surface area contributed by atoms with Gasteiger partial charge in [0.25, 0.3) is 0 Å². The molecule has 0 fully saturated rings. The van der Waals surface area contributed by atoms with Gasteiger partial charge in [-0.15, -0.1) is 0 Å². The summed E-state index contributed by atoms with van der Waals surface area (Å²) in [5.41, 5.74) is 6.26. The van der Waals surface area contributed by atoms with Gasteiger partial charge in [-0.2, -0.15) is 0 Å². The molecular weight excluding hydrogens is 334 g/mol. The highest BCUT2D eigenvalue weighted by molar-refractivity contribution is 5.48. The standard InChI is InChI=1S/C24H33NO2/c1-24(2,3)20-10-12-21(13-11-20)25-23(26)16-19-14-17-8-6-5-7-9-18(17)15-22(19)27-4/h10-15,23,25-26H,5-9,16H2,1-4H3. The summed E-state index contributed by atoms with van der Waals surface area (Å²) in [6.45, 7) is 6.61. The normalized spacial score (nSPS) is 15.6. The molecule has 1 atom stereocenters. The predicted octanol–water partition coefficient (Wildman–Crippen LogP) is 5.23. The summed E-state index contributed by atoms with van der Waals surface area (Å²) in [6.07, 6.45) is 5.93. The number of anilines is 1. The van der Waals surface area contributed by atoms with Crippen LogP contribution in [0.5, 0.6) is 5.75 Å². The van der Waals surface area contributed by atoms with Crippen molar-refractivity contribution in [2.45, 2.75) is 70.9 Å². The Kier molecular flexibility index (Phi) is 6.11. The molecule has 1 aliphatic rings. The molecule has 0 saturated heterocycles. The van der Waals surface area contributed by atoms with Gasteiger partial charge in [-0.05, 0) is 71.6 Å². The first-order valence-electron chi connectivity index (χ1n) is 10.1. The molecule has 2 N–H and O–H groups in total. The van der Waals surface area contributed by atoms with Gasteiger partial charge < -0.3 is 15.2 Å². The average molecular weight is 368 g/mol. The van der Waals surface area contributed by atoms with Gasteiger partial charge >= 0.3 is 0 Å². The van der Waals surface area contributed by atoms with Crippen LogP contribution >= 0.6 is 0 Å². The first kappa shape index (κ1) is 19.8. The van der Waals surface area contributed by atoms with E-state index in [1.165, 1.54) is 36.0 Å². The Bertz CT molecular complexity index is 759. The topological polar surface area (TPSA) is 41.5 Å². The molecule has 1 unspecified atom stereocenters. The number of nitrogens with one attached hydrogen (secondary N) is 1. The Morgan fingerprint density at radius 1 is 1.00 bits per heavy atom. The number of ether oxygens (including phenoxy) is 1. The number of benzene rings is 2. The van der Waals surface area contributed by atoms with Crippen molar-refractivity contribution in [1.29, 1.82) is 0 Å². The Labute approximate surface area is 163 Å². The van der Waals surface area contributed by atoms with E-state index in [-0.39, 0.29) is 5.41 Å². The molecule has 2 aromatic carbocycles. The van der Waals surface area contributed by atoms with Crippen LogP contribution in [0.15, 0.2) is 36.4 Å². The maximum absolute atomic E-state index is 10.6. The summed E-state index contributed by atoms with van der Waals surface area (Å²) in [6, 6.07) is 12.8. The van der Waals surface area contributed by atoms with Crippen LogP contribution in [0.1, 0.15) is 62.3 Å². The van der Waals surface area contributed by atoms with Gasteiger partial charge in [-0.3, -0.25) is 0 Å². The van der Waals surface area contributed by atoms with Crippen LogP contribution in [0.4, 0.5) is 5.69 Å². The summed E-state index contributed by atoms with van der Waals surface area (Å²) in [5.74, 6) is 0.889. The first-order valence-corrected chi connectivity index (χ1v) is 10.1. The minimum atomic E-state index is -0.650. The molecule has 0 bridgehead atoms. The Balaban J connectivity index is 1.71. The minimum absolute atomic E-state index is 0.131. The molecule has 0 amide bonds. The smallest absolute Gasteiger partial charge is 0.128 e. The third kappa shape index (κ3) is 5.04. The lowest BCUT2D eigenvalue weighted by Crippen LogP contribution is -2.22. The van der Waals surface area contributed by atoms with Gasteiger partial charge in [0.1, 0.15) is 12.0 Å². The van der Waals surface area contributed by atoms with Crippen molar-refractivity contribution in [2.24, 2.45) is 0 Å². The van der Waals surface area contributed by atoms with E-state index in [0.29, 0.717) is 6.42 Å². The molecule has 146 valence electrons. The first-order chi connectivity index (χ1) is 12.9.